The highest BCUT2D eigenvalue weighted by Gasteiger charge is 2.24. The first-order valence-corrected chi connectivity index (χ1v) is 5.57. The highest BCUT2D eigenvalue weighted by molar-refractivity contribution is 5.35. The number of aliphatic hydroxyl groups excluding tert-OH is 1. The van der Waals surface area contributed by atoms with Gasteiger partial charge in [0, 0.05) is 6.42 Å². The summed E-state index contributed by atoms with van der Waals surface area (Å²) in [5.74, 6) is 0.958. The minimum Gasteiger partial charge on any atom is -0.490 e. The minimum atomic E-state index is -0.166. The summed E-state index contributed by atoms with van der Waals surface area (Å²) >= 11 is 0. The lowest BCUT2D eigenvalue weighted by atomic mass is 10.1. The zero-order chi connectivity index (χ0) is 10.8. The summed E-state index contributed by atoms with van der Waals surface area (Å²) in [7, 11) is 0. The van der Waals surface area contributed by atoms with Crippen LogP contribution in [0.5, 0.6) is 5.75 Å². The summed E-state index contributed by atoms with van der Waals surface area (Å²) < 4.78 is 5.87. The summed E-state index contributed by atoms with van der Waals surface area (Å²) in [6.45, 7) is 4.14. The fourth-order valence-electron chi connectivity index (χ4n) is 2.14. The molecule has 0 spiro atoms. The Morgan fingerprint density at radius 3 is 2.67 bits per heavy atom. The maximum atomic E-state index is 9.41. The quantitative estimate of drug-likeness (QED) is 0.806. The molecule has 0 saturated heterocycles. The molecule has 2 atom stereocenters. The van der Waals surface area contributed by atoms with Gasteiger partial charge in [-0.3, -0.25) is 0 Å². The van der Waals surface area contributed by atoms with E-state index >= 15 is 0 Å². The Hall–Kier alpha value is -1.02. The summed E-state index contributed by atoms with van der Waals surface area (Å²) in [5.41, 5.74) is 2.43. The Labute approximate surface area is 90.9 Å². The van der Waals surface area contributed by atoms with Gasteiger partial charge in [0.2, 0.25) is 0 Å². The molecular weight excluding hydrogens is 188 g/mol. The van der Waals surface area contributed by atoms with E-state index < -0.39 is 0 Å². The first-order chi connectivity index (χ1) is 7.15. The average molecular weight is 206 g/mol. The lowest BCUT2D eigenvalue weighted by Gasteiger charge is -2.15. The van der Waals surface area contributed by atoms with Crippen LogP contribution in [0, 0.1) is 13.8 Å². The van der Waals surface area contributed by atoms with Gasteiger partial charge in [-0.15, -0.1) is 0 Å². The molecular formula is C13H18O2. The third-order valence-corrected chi connectivity index (χ3v) is 2.98. The van der Waals surface area contributed by atoms with Crippen molar-refractivity contribution in [3.8, 4) is 5.75 Å². The Bertz CT molecular complexity index is 346. The molecule has 0 bridgehead atoms. The van der Waals surface area contributed by atoms with Crippen LogP contribution < -0.4 is 4.74 Å². The molecule has 2 unspecified atom stereocenters. The minimum absolute atomic E-state index is 0.166. The molecule has 0 radical (unpaired) electrons. The van der Waals surface area contributed by atoms with Crippen LogP contribution in [0.1, 0.15) is 30.4 Å². The highest BCUT2D eigenvalue weighted by Crippen LogP contribution is 2.27. The predicted molar refractivity (Wildman–Crippen MR) is 60.2 cm³/mol. The van der Waals surface area contributed by atoms with Crippen molar-refractivity contribution >= 4 is 0 Å². The van der Waals surface area contributed by atoms with Gasteiger partial charge in [0.15, 0.2) is 0 Å². The standard InChI is InChI=1S/C13H18O2/c1-9-3-6-13(10(2)7-9)15-12-5-4-11(14)8-12/h3,6-7,11-12,14H,4-5,8H2,1-2H3. The second-order valence-electron chi connectivity index (χ2n) is 4.48. The van der Waals surface area contributed by atoms with Crippen molar-refractivity contribution in [2.45, 2.75) is 45.3 Å². The monoisotopic (exact) mass is 206 g/mol. The first-order valence-electron chi connectivity index (χ1n) is 5.57. The molecule has 82 valence electrons. The molecule has 2 nitrogen and oxygen atoms in total. The molecule has 1 fully saturated rings. The maximum absolute atomic E-state index is 9.41. The van der Waals surface area contributed by atoms with Crippen LogP contribution in [0.2, 0.25) is 0 Å². The van der Waals surface area contributed by atoms with Gasteiger partial charge in [-0.2, -0.15) is 0 Å². The highest BCUT2D eigenvalue weighted by atomic mass is 16.5. The number of hydrogen-bond acceptors (Lipinski definition) is 2. The molecule has 15 heavy (non-hydrogen) atoms. The van der Waals surface area contributed by atoms with Crippen LogP contribution >= 0.6 is 0 Å². The van der Waals surface area contributed by atoms with E-state index in [4.69, 9.17) is 4.74 Å². The van der Waals surface area contributed by atoms with Gasteiger partial charge in [0.05, 0.1) is 6.10 Å². The second kappa shape index (κ2) is 4.23. The molecule has 0 amide bonds. The summed E-state index contributed by atoms with van der Waals surface area (Å²) in [6.07, 6.45) is 2.64. The number of aryl methyl sites for hydroxylation is 2. The molecule has 0 heterocycles. The van der Waals surface area contributed by atoms with Gasteiger partial charge in [-0.25, -0.2) is 0 Å². The molecule has 2 rings (SSSR count). The number of aliphatic hydroxyl groups is 1. The van der Waals surface area contributed by atoms with Crippen LogP contribution in [-0.2, 0) is 0 Å². The number of hydrogen-bond donors (Lipinski definition) is 1. The van der Waals surface area contributed by atoms with Gasteiger partial charge < -0.3 is 9.84 Å². The van der Waals surface area contributed by atoms with Crippen LogP contribution in [0.15, 0.2) is 18.2 Å². The normalized spacial score (nSPS) is 25.5. The summed E-state index contributed by atoms with van der Waals surface area (Å²) in [5, 5.41) is 9.41. The SMILES string of the molecule is Cc1ccc(OC2CCC(O)C2)c(C)c1. The number of benzene rings is 1. The van der Waals surface area contributed by atoms with Crippen molar-refractivity contribution in [2.24, 2.45) is 0 Å². The Morgan fingerprint density at radius 2 is 2.07 bits per heavy atom. The van der Waals surface area contributed by atoms with E-state index in [1.54, 1.807) is 0 Å². The van der Waals surface area contributed by atoms with Crippen LogP contribution in [0.4, 0.5) is 0 Å². The zero-order valence-corrected chi connectivity index (χ0v) is 9.36. The molecule has 0 aromatic heterocycles. The third kappa shape index (κ3) is 2.51. The summed E-state index contributed by atoms with van der Waals surface area (Å²) in [6, 6.07) is 6.21. The van der Waals surface area contributed by atoms with E-state index in [2.05, 4.69) is 26.0 Å². The molecule has 1 aliphatic carbocycles. The fraction of sp³-hybridized carbons (Fsp3) is 0.538. The van der Waals surface area contributed by atoms with E-state index in [1.165, 1.54) is 11.1 Å². The van der Waals surface area contributed by atoms with Gasteiger partial charge in [0.25, 0.3) is 0 Å². The molecule has 1 aliphatic rings. The van der Waals surface area contributed by atoms with E-state index in [0.29, 0.717) is 0 Å². The van der Waals surface area contributed by atoms with E-state index in [1.807, 2.05) is 6.07 Å². The van der Waals surface area contributed by atoms with Crippen LogP contribution in [-0.4, -0.2) is 17.3 Å². The van der Waals surface area contributed by atoms with E-state index in [9.17, 15) is 5.11 Å². The van der Waals surface area contributed by atoms with Gasteiger partial charge in [0.1, 0.15) is 11.9 Å². The predicted octanol–water partition coefficient (Wildman–Crippen LogP) is 2.60. The van der Waals surface area contributed by atoms with Crippen molar-refractivity contribution < 1.29 is 9.84 Å². The first kappa shape index (κ1) is 10.5. The van der Waals surface area contributed by atoms with Gasteiger partial charge >= 0.3 is 0 Å². The molecule has 1 N–H and O–H groups in total. The largest absolute Gasteiger partial charge is 0.490 e. The number of ether oxygens (including phenoxy) is 1. The molecule has 2 heteroatoms. The Morgan fingerprint density at radius 1 is 1.27 bits per heavy atom. The van der Waals surface area contributed by atoms with Crippen LogP contribution in [0.3, 0.4) is 0 Å². The third-order valence-electron chi connectivity index (χ3n) is 2.98. The number of rotatable bonds is 2. The molecule has 0 aliphatic heterocycles. The van der Waals surface area contributed by atoms with Gasteiger partial charge in [-0.1, -0.05) is 17.7 Å². The van der Waals surface area contributed by atoms with E-state index in [-0.39, 0.29) is 12.2 Å². The van der Waals surface area contributed by atoms with Crippen molar-refractivity contribution in [1.82, 2.24) is 0 Å². The zero-order valence-electron chi connectivity index (χ0n) is 9.36. The molecule has 1 saturated carbocycles. The smallest absolute Gasteiger partial charge is 0.122 e. The van der Waals surface area contributed by atoms with E-state index in [0.717, 1.165) is 25.0 Å². The van der Waals surface area contributed by atoms with Crippen molar-refractivity contribution in [3.63, 3.8) is 0 Å². The van der Waals surface area contributed by atoms with Gasteiger partial charge in [-0.05, 0) is 38.3 Å². The lowest BCUT2D eigenvalue weighted by Crippen LogP contribution is -2.14. The van der Waals surface area contributed by atoms with Crippen molar-refractivity contribution in [3.05, 3.63) is 29.3 Å². The molecule has 1 aromatic carbocycles. The lowest BCUT2D eigenvalue weighted by molar-refractivity contribution is 0.149. The van der Waals surface area contributed by atoms with Crippen molar-refractivity contribution in [2.75, 3.05) is 0 Å². The second-order valence-corrected chi connectivity index (χ2v) is 4.48. The average Bonchev–Trinajstić information content (AvgIpc) is 2.56. The summed E-state index contributed by atoms with van der Waals surface area (Å²) in [4.78, 5) is 0. The Balaban J connectivity index is 2.04. The molecule has 1 aromatic rings. The topological polar surface area (TPSA) is 29.5 Å². The van der Waals surface area contributed by atoms with Crippen molar-refractivity contribution in [1.29, 1.82) is 0 Å². The fourth-order valence-corrected chi connectivity index (χ4v) is 2.14. The Kier molecular flexibility index (Phi) is 2.96. The maximum Gasteiger partial charge on any atom is 0.122 e. The van der Waals surface area contributed by atoms with Crippen LogP contribution in [0.25, 0.3) is 0 Å².